The van der Waals surface area contributed by atoms with E-state index in [1.165, 1.54) is 7.11 Å². The Labute approximate surface area is 180 Å². The molecule has 0 aliphatic carbocycles. The van der Waals surface area contributed by atoms with Crippen molar-refractivity contribution in [3.8, 4) is 11.5 Å². The molecule has 0 saturated heterocycles. The van der Waals surface area contributed by atoms with E-state index in [-0.39, 0.29) is 11.8 Å². The lowest BCUT2D eigenvalue weighted by molar-refractivity contribution is 0.0600. The van der Waals surface area contributed by atoms with Gasteiger partial charge in [-0.3, -0.25) is 4.79 Å². The van der Waals surface area contributed by atoms with Crippen molar-refractivity contribution in [1.82, 2.24) is 0 Å². The summed E-state index contributed by atoms with van der Waals surface area (Å²) >= 11 is 0. The monoisotopic (exact) mass is 414 g/mol. The van der Waals surface area contributed by atoms with E-state index in [4.69, 9.17) is 14.2 Å². The molecule has 1 aliphatic heterocycles. The summed E-state index contributed by atoms with van der Waals surface area (Å²) in [6.07, 6.45) is 1.78. The highest BCUT2D eigenvalue weighted by Crippen LogP contribution is 2.37. The minimum absolute atomic E-state index is 0.124. The van der Waals surface area contributed by atoms with Gasteiger partial charge in [0.2, 0.25) is 5.78 Å². The smallest absolute Gasteiger partial charge is 0.337 e. The fourth-order valence-corrected chi connectivity index (χ4v) is 3.47. The highest BCUT2D eigenvalue weighted by atomic mass is 16.5. The van der Waals surface area contributed by atoms with Gasteiger partial charge < -0.3 is 14.2 Å². The summed E-state index contributed by atoms with van der Waals surface area (Å²) in [4.78, 5) is 24.4. The van der Waals surface area contributed by atoms with Crippen LogP contribution in [0.25, 0.3) is 6.08 Å². The highest BCUT2D eigenvalue weighted by molar-refractivity contribution is 6.15. The van der Waals surface area contributed by atoms with Crippen LogP contribution in [-0.4, -0.2) is 18.9 Å². The van der Waals surface area contributed by atoms with Gasteiger partial charge in [0.1, 0.15) is 18.1 Å². The summed E-state index contributed by atoms with van der Waals surface area (Å²) in [6, 6.07) is 18.4. The largest absolute Gasteiger partial charge is 0.489 e. The lowest BCUT2D eigenvalue weighted by atomic mass is 10.0. The zero-order chi connectivity index (χ0) is 22.0. The van der Waals surface area contributed by atoms with Gasteiger partial charge in [0.15, 0.2) is 5.76 Å². The Morgan fingerprint density at radius 1 is 1.00 bits per heavy atom. The van der Waals surface area contributed by atoms with E-state index in [1.54, 1.807) is 24.3 Å². The first-order valence-electron chi connectivity index (χ1n) is 9.91. The fraction of sp³-hybridized carbons (Fsp3) is 0.154. The van der Waals surface area contributed by atoms with Crippen LogP contribution in [0.4, 0.5) is 0 Å². The third-order valence-electron chi connectivity index (χ3n) is 5.20. The molecule has 3 aromatic carbocycles. The second-order valence-electron chi connectivity index (χ2n) is 7.39. The first-order chi connectivity index (χ1) is 15.0. The molecular formula is C26H22O5. The first kappa shape index (κ1) is 20.4. The lowest BCUT2D eigenvalue weighted by Crippen LogP contribution is -2.02. The number of aryl methyl sites for hydroxylation is 2. The molecule has 0 aromatic heterocycles. The van der Waals surface area contributed by atoms with Crippen molar-refractivity contribution in [2.75, 3.05) is 7.11 Å². The number of ether oxygens (including phenoxy) is 3. The summed E-state index contributed by atoms with van der Waals surface area (Å²) in [5.41, 5.74) is 4.77. The van der Waals surface area contributed by atoms with Crippen molar-refractivity contribution < 1.29 is 23.8 Å². The molecule has 3 aromatic rings. The molecule has 0 amide bonds. The Bertz CT molecular complexity index is 1190. The predicted octanol–water partition coefficient (Wildman–Crippen LogP) is 5.29. The van der Waals surface area contributed by atoms with Gasteiger partial charge in [-0.1, -0.05) is 36.4 Å². The van der Waals surface area contributed by atoms with Crippen LogP contribution < -0.4 is 9.47 Å². The standard InChI is InChI=1S/C26H22O5/c1-16-6-4-5-7-20(16)13-23-25(27)24-17(2)12-21(14-22(24)31-23)30-15-18-8-10-19(11-9-18)26(28)29-3/h4-14H,15H2,1-3H3/b23-13-. The van der Waals surface area contributed by atoms with Gasteiger partial charge in [0.25, 0.3) is 0 Å². The van der Waals surface area contributed by atoms with E-state index in [0.29, 0.717) is 35.0 Å². The van der Waals surface area contributed by atoms with E-state index in [2.05, 4.69) is 0 Å². The second kappa shape index (κ2) is 8.48. The third kappa shape index (κ3) is 4.21. The van der Waals surface area contributed by atoms with Crippen molar-refractivity contribution in [3.63, 3.8) is 0 Å². The third-order valence-corrected chi connectivity index (χ3v) is 5.20. The molecule has 0 spiro atoms. The molecule has 5 nitrogen and oxygen atoms in total. The van der Waals surface area contributed by atoms with Crippen LogP contribution in [0.5, 0.6) is 11.5 Å². The van der Waals surface area contributed by atoms with Gasteiger partial charge in [-0.05, 0) is 60.4 Å². The number of allylic oxidation sites excluding steroid dienone is 1. The SMILES string of the molecule is COC(=O)c1ccc(COc2cc(C)c3c(c2)O/C(=C\c2ccccc2C)C3=O)cc1. The first-order valence-corrected chi connectivity index (χ1v) is 9.91. The van der Waals surface area contributed by atoms with E-state index in [9.17, 15) is 9.59 Å². The Morgan fingerprint density at radius 3 is 2.45 bits per heavy atom. The van der Waals surface area contributed by atoms with E-state index in [1.807, 2.05) is 56.3 Å². The summed E-state index contributed by atoms with van der Waals surface area (Å²) < 4.78 is 16.5. The lowest BCUT2D eigenvalue weighted by Gasteiger charge is -2.09. The Morgan fingerprint density at radius 2 is 1.74 bits per heavy atom. The van der Waals surface area contributed by atoms with Crippen LogP contribution in [0.3, 0.4) is 0 Å². The molecule has 1 aliphatic rings. The maximum Gasteiger partial charge on any atom is 0.337 e. The summed E-state index contributed by atoms with van der Waals surface area (Å²) in [7, 11) is 1.35. The van der Waals surface area contributed by atoms with Gasteiger partial charge in [-0.25, -0.2) is 4.79 Å². The molecule has 156 valence electrons. The van der Waals surface area contributed by atoms with Crippen LogP contribution in [0.15, 0.2) is 66.4 Å². The Balaban J connectivity index is 1.51. The van der Waals surface area contributed by atoms with Crippen LogP contribution in [0, 0.1) is 13.8 Å². The molecular weight excluding hydrogens is 392 g/mol. The number of esters is 1. The van der Waals surface area contributed by atoms with Gasteiger partial charge in [-0.15, -0.1) is 0 Å². The molecule has 0 fully saturated rings. The van der Waals surface area contributed by atoms with Crippen LogP contribution in [0.1, 0.15) is 43.0 Å². The van der Waals surface area contributed by atoms with Gasteiger partial charge in [0, 0.05) is 6.07 Å². The highest BCUT2D eigenvalue weighted by Gasteiger charge is 2.30. The minimum Gasteiger partial charge on any atom is -0.489 e. The molecule has 1 heterocycles. The molecule has 5 heteroatoms. The molecule has 0 N–H and O–H groups in total. The van der Waals surface area contributed by atoms with Crippen molar-refractivity contribution in [1.29, 1.82) is 0 Å². The molecule has 0 bridgehead atoms. The fourth-order valence-electron chi connectivity index (χ4n) is 3.47. The Kier molecular flexibility index (Phi) is 5.58. The van der Waals surface area contributed by atoms with Crippen molar-refractivity contribution in [3.05, 3.63) is 99.8 Å². The molecule has 0 atom stereocenters. The second-order valence-corrected chi connectivity index (χ2v) is 7.39. The van der Waals surface area contributed by atoms with Crippen LogP contribution in [-0.2, 0) is 11.3 Å². The average Bonchev–Trinajstić information content (AvgIpc) is 3.09. The van der Waals surface area contributed by atoms with Gasteiger partial charge >= 0.3 is 5.97 Å². The maximum atomic E-state index is 12.9. The van der Waals surface area contributed by atoms with Gasteiger partial charge in [0.05, 0.1) is 18.2 Å². The van der Waals surface area contributed by atoms with Crippen LogP contribution >= 0.6 is 0 Å². The van der Waals surface area contributed by atoms with Gasteiger partial charge in [-0.2, -0.15) is 0 Å². The maximum absolute atomic E-state index is 12.9. The summed E-state index contributed by atoms with van der Waals surface area (Å²) in [6.45, 7) is 4.18. The average molecular weight is 414 g/mol. The molecule has 31 heavy (non-hydrogen) atoms. The molecule has 0 saturated carbocycles. The Hall–Kier alpha value is -3.86. The van der Waals surface area contributed by atoms with Crippen molar-refractivity contribution in [2.24, 2.45) is 0 Å². The van der Waals surface area contributed by atoms with Crippen molar-refractivity contribution >= 4 is 17.8 Å². The minimum atomic E-state index is -0.377. The molecule has 0 radical (unpaired) electrons. The number of ketones is 1. The number of carbonyl (C=O) groups excluding carboxylic acids is 2. The number of benzene rings is 3. The van der Waals surface area contributed by atoms with Crippen LogP contribution in [0.2, 0.25) is 0 Å². The quantitative estimate of drug-likeness (QED) is 0.420. The number of carbonyl (C=O) groups is 2. The number of fused-ring (bicyclic) bond motifs is 1. The summed E-state index contributed by atoms with van der Waals surface area (Å²) in [5, 5.41) is 0. The summed E-state index contributed by atoms with van der Waals surface area (Å²) in [5.74, 6) is 0.917. The number of hydrogen-bond acceptors (Lipinski definition) is 5. The molecule has 0 unspecified atom stereocenters. The number of rotatable bonds is 5. The predicted molar refractivity (Wildman–Crippen MR) is 117 cm³/mol. The zero-order valence-electron chi connectivity index (χ0n) is 17.6. The zero-order valence-corrected chi connectivity index (χ0v) is 17.6. The van der Waals surface area contributed by atoms with E-state index < -0.39 is 0 Å². The number of Topliss-reactive ketones (excluding diaryl/α,β-unsaturated/α-hetero) is 1. The van der Waals surface area contributed by atoms with E-state index >= 15 is 0 Å². The normalized spacial score (nSPS) is 13.6. The van der Waals surface area contributed by atoms with E-state index in [0.717, 1.165) is 22.3 Å². The topological polar surface area (TPSA) is 61.8 Å². The number of methoxy groups -OCH3 is 1. The molecule has 4 rings (SSSR count). The van der Waals surface area contributed by atoms with Crippen molar-refractivity contribution in [2.45, 2.75) is 20.5 Å². The number of hydrogen-bond donors (Lipinski definition) is 0.